The van der Waals surface area contributed by atoms with Crippen LogP contribution in [0.2, 0.25) is 0 Å². The number of benzene rings is 2. The number of nitrogens with one attached hydrogen (secondary N) is 1. The van der Waals surface area contributed by atoms with Gasteiger partial charge in [0.05, 0.1) is 0 Å². The summed E-state index contributed by atoms with van der Waals surface area (Å²) in [4.78, 5) is 0. The van der Waals surface area contributed by atoms with E-state index in [2.05, 4.69) is 63.1 Å². The molecule has 80 valence electrons. The van der Waals surface area contributed by atoms with Crippen molar-refractivity contribution in [2.75, 3.05) is 0 Å². The van der Waals surface area contributed by atoms with Crippen molar-refractivity contribution in [3.8, 4) is 0 Å². The molecular formula is C14H10N3+. The Morgan fingerprint density at radius 1 is 0.882 bits per heavy atom. The maximum atomic E-state index is 4.07. The highest BCUT2D eigenvalue weighted by atomic mass is 15.2. The van der Waals surface area contributed by atoms with Gasteiger partial charge in [0.25, 0.3) is 12.0 Å². The lowest BCUT2D eigenvalue weighted by Crippen LogP contribution is -2.19. The molecule has 0 aliphatic carbocycles. The van der Waals surface area contributed by atoms with Gasteiger partial charge in [-0.15, -0.1) is 5.10 Å². The van der Waals surface area contributed by atoms with Crippen molar-refractivity contribution in [3.63, 3.8) is 0 Å². The third-order valence-electron chi connectivity index (χ3n) is 3.23. The Kier molecular flexibility index (Phi) is 1.56. The molecule has 2 aromatic heterocycles. The van der Waals surface area contributed by atoms with Crippen molar-refractivity contribution in [2.45, 2.75) is 0 Å². The zero-order chi connectivity index (χ0) is 11.2. The van der Waals surface area contributed by atoms with E-state index in [0.717, 1.165) is 5.65 Å². The van der Waals surface area contributed by atoms with Gasteiger partial charge in [-0.25, -0.2) is 0 Å². The first-order valence-electron chi connectivity index (χ1n) is 5.59. The van der Waals surface area contributed by atoms with Gasteiger partial charge in [0.1, 0.15) is 5.52 Å². The van der Waals surface area contributed by atoms with E-state index in [4.69, 9.17) is 0 Å². The fourth-order valence-corrected chi connectivity index (χ4v) is 2.41. The molecule has 0 radical (unpaired) electrons. The summed E-state index contributed by atoms with van der Waals surface area (Å²) in [5, 5.41) is 10.8. The number of fused-ring (bicyclic) bond motifs is 5. The zero-order valence-corrected chi connectivity index (χ0v) is 9.09. The van der Waals surface area contributed by atoms with Gasteiger partial charge in [-0.3, -0.25) is 0 Å². The first-order chi connectivity index (χ1) is 8.43. The highest BCUT2D eigenvalue weighted by Gasteiger charge is 2.08. The Morgan fingerprint density at radius 3 is 2.82 bits per heavy atom. The van der Waals surface area contributed by atoms with Crippen LogP contribution in [0.4, 0.5) is 0 Å². The minimum atomic E-state index is 1.01. The second-order valence-electron chi connectivity index (χ2n) is 4.16. The Hall–Kier alpha value is -2.42. The zero-order valence-electron chi connectivity index (χ0n) is 9.09. The van der Waals surface area contributed by atoms with Gasteiger partial charge in [-0.2, -0.15) is 4.40 Å². The normalized spacial score (nSPS) is 11.5. The summed E-state index contributed by atoms with van der Waals surface area (Å²) in [5.74, 6) is 0. The molecule has 2 aromatic carbocycles. The summed E-state index contributed by atoms with van der Waals surface area (Å²) in [6.07, 6.45) is 1.81. The molecule has 2 heterocycles. The van der Waals surface area contributed by atoms with Crippen LogP contribution in [0.3, 0.4) is 0 Å². The predicted octanol–water partition coefficient (Wildman–Crippen LogP) is 2.45. The molecule has 0 unspecified atom stereocenters. The molecule has 0 aliphatic rings. The summed E-state index contributed by atoms with van der Waals surface area (Å²) >= 11 is 0. The van der Waals surface area contributed by atoms with Crippen molar-refractivity contribution in [1.82, 2.24) is 10.2 Å². The summed E-state index contributed by atoms with van der Waals surface area (Å²) in [6, 6.07) is 16.9. The van der Waals surface area contributed by atoms with Crippen LogP contribution in [0.25, 0.3) is 27.3 Å². The number of pyridine rings is 1. The van der Waals surface area contributed by atoms with Crippen LogP contribution in [0, 0.1) is 0 Å². The molecule has 0 spiro atoms. The van der Waals surface area contributed by atoms with Crippen LogP contribution in [-0.2, 0) is 0 Å². The number of aromatic amines is 1. The average Bonchev–Trinajstić information content (AvgIpc) is 2.86. The molecule has 0 fully saturated rings. The maximum absolute atomic E-state index is 4.07. The third kappa shape index (κ3) is 1.11. The molecule has 4 aromatic rings. The van der Waals surface area contributed by atoms with Gasteiger partial charge in [-0.05, 0) is 22.9 Å². The topological polar surface area (TPSA) is 32.8 Å². The first-order valence-corrected chi connectivity index (χ1v) is 5.59. The molecule has 0 saturated carbocycles. The highest BCUT2D eigenvalue weighted by molar-refractivity contribution is 6.05. The number of nitrogens with zero attached hydrogens (tertiary/aromatic N) is 2. The summed E-state index contributed by atoms with van der Waals surface area (Å²) < 4.78 is 2.07. The number of H-pyrrole nitrogens is 1. The number of rotatable bonds is 0. The molecule has 3 nitrogen and oxygen atoms in total. The van der Waals surface area contributed by atoms with Crippen LogP contribution >= 0.6 is 0 Å². The van der Waals surface area contributed by atoms with Gasteiger partial charge in [0, 0.05) is 16.6 Å². The van der Waals surface area contributed by atoms with Gasteiger partial charge in [0.15, 0.2) is 0 Å². The van der Waals surface area contributed by atoms with E-state index >= 15 is 0 Å². The summed E-state index contributed by atoms with van der Waals surface area (Å²) in [5.41, 5.74) is 2.18. The number of aromatic nitrogens is 3. The Bertz CT molecular complexity index is 846. The van der Waals surface area contributed by atoms with Crippen LogP contribution in [-0.4, -0.2) is 10.2 Å². The fraction of sp³-hybridized carbons (Fsp3) is 0. The van der Waals surface area contributed by atoms with Crippen molar-refractivity contribution in [1.29, 1.82) is 0 Å². The van der Waals surface area contributed by atoms with Crippen molar-refractivity contribution < 1.29 is 4.40 Å². The first kappa shape index (κ1) is 8.70. The molecule has 4 rings (SSSR count). The lowest BCUT2D eigenvalue weighted by atomic mass is 10.1. The molecule has 0 amide bonds. The standard InChI is InChI=1S/C14H9N3/c1-2-4-11-10(3-1)5-7-13-12(11)6-8-14-16-15-9-17(13)14/h1-9H/p+1. The molecule has 0 saturated heterocycles. The van der Waals surface area contributed by atoms with Crippen molar-refractivity contribution in [3.05, 3.63) is 54.9 Å². The largest absolute Gasteiger partial charge is 0.270 e. The molecule has 0 atom stereocenters. The minimum Gasteiger partial charge on any atom is -0.196 e. The predicted molar refractivity (Wildman–Crippen MR) is 66.8 cm³/mol. The third-order valence-corrected chi connectivity index (χ3v) is 3.23. The summed E-state index contributed by atoms with van der Waals surface area (Å²) in [6.45, 7) is 0. The number of hydrogen-bond donors (Lipinski definition) is 1. The van der Waals surface area contributed by atoms with E-state index < -0.39 is 0 Å². The van der Waals surface area contributed by atoms with Gasteiger partial charge >= 0.3 is 0 Å². The maximum Gasteiger partial charge on any atom is 0.270 e. The van der Waals surface area contributed by atoms with E-state index in [0.29, 0.717) is 0 Å². The van der Waals surface area contributed by atoms with Gasteiger partial charge in [-0.1, -0.05) is 30.3 Å². The van der Waals surface area contributed by atoms with Crippen molar-refractivity contribution >= 4 is 27.3 Å². The Labute approximate surface area is 97.3 Å². The second-order valence-corrected chi connectivity index (χ2v) is 4.16. The fourth-order valence-electron chi connectivity index (χ4n) is 2.41. The monoisotopic (exact) mass is 220 g/mol. The minimum absolute atomic E-state index is 1.01. The van der Waals surface area contributed by atoms with E-state index in [1.165, 1.54) is 21.7 Å². The molecule has 1 N–H and O–H groups in total. The van der Waals surface area contributed by atoms with Gasteiger partial charge in [0.2, 0.25) is 0 Å². The molecule has 0 aliphatic heterocycles. The SMILES string of the molecule is c1ccc2c(c1)ccc1c2ccc2[nH]nc[n+]21. The Balaban J connectivity index is 2.34. The average molecular weight is 220 g/mol. The lowest BCUT2D eigenvalue weighted by molar-refractivity contribution is -0.481. The van der Waals surface area contributed by atoms with Crippen LogP contribution in [0.5, 0.6) is 0 Å². The summed E-state index contributed by atoms with van der Waals surface area (Å²) in [7, 11) is 0. The molecular weight excluding hydrogens is 210 g/mol. The second kappa shape index (κ2) is 3.04. The molecule has 3 heteroatoms. The van der Waals surface area contributed by atoms with Crippen LogP contribution in [0.15, 0.2) is 54.9 Å². The Morgan fingerprint density at radius 2 is 1.82 bits per heavy atom. The van der Waals surface area contributed by atoms with E-state index in [1.54, 1.807) is 0 Å². The van der Waals surface area contributed by atoms with E-state index in [-0.39, 0.29) is 0 Å². The van der Waals surface area contributed by atoms with Crippen molar-refractivity contribution in [2.24, 2.45) is 0 Å². The van der Waals surface area contributed by atoms with Crippen LogP contribution in [0.1, 0.15) is 0 Å². The van der Waals surface area contributed by atoms with Gasteiger partial charge < -0.3 is 0 Å². The number of hydrogen-bond acceptors (Lipinski definition) is 1. The van der Waals surface area contributed by atoms with Crippen LogP contribution < -0.4 is 4.40 Å². The highest BCUT2D eigenvalue weighted by Crippen LogP contribution is 2.23. The lowest BCUT2D eigenvalue weighted by Gasteiger charge is -2.02. The molecule has 0 bridgehead atoms. The van der Waals surface area contributed by atoms with E-state index in [9.17, 15) is 0 Å². The molecule has 17 heavy (non-hydrogen) atoms. The smallest absolute Gasteiger partial charge is 0.196 e. The quantitative estimate of drug-likeness (QED) is 0.358. The van der Waals surface area contributed by atoms with E-state index in [1.807, 2.05) is 6.33 Å².